The van der Waals surface area contributed by atoms with Crippen molar-refractivity contribution in [3.05, 3.63) is 71.2 Å². The summed E-state index contributed by atoms with van der Waals surface area (Å²) in [6.07, 6.45) is 0. The number of hydrogen-bond acceptors (Lipinski definition) is 5. The molecule has 3 aromatic rings. The summed E-state index contributed by atoms with van der Waals surface area (Å²) >= 11 is 0. The van der Waals surface area contributed by atoms with Gasteiger partial charge in [-0.1, -0.05) is 18.2 Å². The number of nitrogens with one attached hydrogen (secondary N) is 1. The smallest absolute Gasteiger partial charge is 0.248 e. The SMILES string of the molecule is COc1ccccc1C1C(C(N)=O)=C(C)Nc2nc(-c3ccc(F)cc3)nn21. The second kappa shape index (κ2) is 6.80. The third-order valence-electron chi connectivity index (χ3n) is 4.65. The van der Waals surface area contributed by atoms with Crippen LogP contribution in [0.1, 0.15) is 18.5 Å². The number of halogens is 1. The van der Waals surface area contributed by atoms with Gasteiger partial charge in [0.05, 0.1) is 12.7 Å². The number of fused-ring (bicyclic) bond motifs is 1. The predicted molar refractivity (Wildman–Crippen MR) is 102 cm³/mol. The van der Waals surface area contributed by atoms with Crippen molar-refractivity contribution >= 4 is 11.9 Å². The highest BCUT2D eigenvalue weighted by Crippen LogP contribution is 2.39. The number of benzene rings is 2. The van der Waals surface area contributed by atoms with Crippen LogP contribution in [0.5, 0.6) is 5.75 Å². The molecule has 0 saturated heterocycles. The van der Waals surface area contributed by atoms with Crippen LogP contribution in [0.2, 0.25) is 0 Å². The number of allylic oxidation sites excluding steroid dienone is 1. The van der Waals surface area contributed by atoms with E-state index in [9.17, 15) is 9.18 Å². The van der Waals surface area contributed by atoms with E-state index in [-0.39, 0.29) is 5.82 Å². The minimum atomic E-state index is -0.605. The van der Waals surface area contributed by atoms with E-state index in [1.54, 1.807) is 30.8 Å². The van der Waals surface area contributed by atoms with Crippen molar-refractivity contribution in [2.75, 3.05) is 12.4 Å². The fraction of sp³-hybridized carbons (Fsp3) is 0.150. The van der Waals surface area contributed by atoms with Gasteiger partial charge in [-0.25, -0.2) is 9.07 Å². The first kappa shape index (κ1) is 17.7. The highest BCUT2D eigenvalue weighted by atomic mass is 19.1. The summed E-state index contributed by atoms with van der Waals surface area (Å²) in [7, 11) is 1.56. The predicted octanol–water partition coefficient (Wildman–Crippen LogP) is 2.87. The molecule has 0 radical (unpaired) electrons. The number of nitrogens with zero attached hydrogens (tertiary/aromatic N) is 3. The van der Waals surface area contributed by atoms with E-state index in [2.05, 4.69) is 15.4 Å². The molecule has 3 N–H and O–H groups in total. The van der Waals surface area contributed by atoms with Crippen molar-refractivity contribution < 1.29 is 13.9 Å². The molecule has 1 aromatic heterocycles. The number of nitrogens with two attached hydrogens (primary N) is 1. The van der Waals surface area contributed by atoms with Crippen LogP contribution in [0.25, 0.3) is 11.4 Å². The van der Waals surface area contributed by atoms with E-state index in [1.807, 2.05) is 24.3 Å². The number of aromatic nitrogens is 3. The standard InChI is InChI=1S/C20H18FN5O2/c1-11-16(18(22)27)17(14-5-3-4-6-15(14)28-2)26-20(23-11)24-19(25-26)12-7-9-13(21)10-8-12/h3-10,17H,1-2H3,(H2,22,27)(H,23,24,25). The normalized spacial score (nSPS) is 15.8. The Balaban J connectivity index is 1.90. The van der Waals surface area contributed by atoms with Gasteiger partial charge in [0.2, 0.25) is 11.9 Å². The lowest BCUT2D eigenvalue weighted by atomic mass is 9.94. The number of methoxy groups -OCH3 is 1. The van der Waals surface area contributed by atoms with Crippen molar-refractivity contribution in [1.82, 2.24) is 14.8 Å². The van der Waals surface area contributed by atoms with Gasteiger partial charge in [-0.05, 0) is 37.3 Å². The number of primary amides is 1. The van der Waals surface area contributed by atoms with Gasteiger partial charge in [-0.15, -0.1) is 5.10 Å². The quantitative estimate of drug-likeness (QED) is 0.727. The summed E-state index contributed by atoms with van der Waals surface area (Å²) in [6, 6.07) is 12.6. The van der Waals surface area contributed by atoms with Crippen molar-refractivity contribution in [2.45, 2.75) is 13.0 Å². The van der Waals surface area contributed by atoms with Crippen LogP contribution >= 0.6 is 0 Å². The lowest BCUT2D eigenvalue weighted by Gasteiger charge is -2.28. The molecule has 0 spiro atoms. The molecule has 4 rings (SSSR count). The van der Waals surface area contributed by atoms with Gasteiger partial charge in [-0.2, -0.15) is 4.98 Å². The van der Waals surface area contributed by atoms with Gasteiger partial charge in [-0.3, -0.25) is 4.79 Å². The molecule has 1 atom stereocenters. The molecule has 1 aliphatic heterocycles. The van der Waals surface area contributed by atoms with E-state index in [0.29, 0.717) is 34.4 Å². The van der Waals surface area contributed by atoms with Gasteiger partial charge in [0.25, 0.3) is 0 Å². The molecular weight excluding hydrogens is 361 g/mol. The fourth-order valence-corrected chi connectivity index (χ4v) is 3.37. The summed E-state index contributed by atoms with van der Waals surface area (Å²) < 4.78 is 20.3. The summed E-state index contributed by atoms with van der Waals surface area (Å²) in [4.78, 5) is 16.8. The third-order valence-corrected chi connectivity index (χ3v) is 4.65. The monoisotopic (exact) mass is 379 g/mol. The molecule has 1 amide bonds. The first-order valence-electron chi connectivity index (χ1n) is 8.62. The number of carbonyl (C=O) groups excluding carboxylic acids is 1. The minimum absolute atomic E-state index is 0.341. The van der Waals surface area contributed by atoms with Crippen molar-refractivity contribution in [3.63, 3.8) is 0 Å². The van der Waals surface area contributed by atoms with Crippen molar-refractivity contribution in [2.24, 2.45) is 5.73 Å². The molecule has 0 saturated carbocycles. The van der Waals surface area contributed by atoms with Crippen LogP contribution in [-0.4, -0.2) is 27.8 Å². The zero-order valence-corrected chi connectivity index (χ0v) is 15.3. The van der Waals surface area contributed by atoms with Crippen LogP contribution in [0.3, 0.4) is 0 Å². The Morgan fingerprint density at radius 2 is 1.93 bits per heavy atom. The van der Waals surface area contributed by atoms with Gasteiger partial charge in [0.15, 0.2) is 5.82 Å². The largest absolute Gasteiger partial charge is 0.496 e. The maximum Gasteiger partial charge on any atom is 0.248 e. The van der Waals surface area contributed by atoms with E-state index in [4.69, 9.17) is 10.5 Å². The Bertz CT molecular complexity index is 1090. The molecular formula is C20H18FN5O2. The molecule has 2 aromatic carbocycles. The molecule has 1 aliphatic rings. The summed E-state index contributed by atoms with van der Waals surface area (Å²) in [5.74, 6) is 0.557. The van der Waals surface area contributed by atoms with Crippen LogP contribution in [0.15, 0.2) is 59.8 Å². The van der Waals surface area contributed by atoms with Gasteiger partial charge < -0.3 is 15.8 Å². The minimum Gasteiger partial charge on any atom is -0.496 e. The molecule has 2 heterocycles. The molecule has 0 bridgehead atoms. The molecule has 142 valence electrons. The van der Waals surface area contributed by atoms with Gasteiger partial charge in [0, 0.05) is 16.8 Å². The molecule has 28 heavy (non-hydrogen) atoms. The average Bonchev–Trinajstić information content (AvgIpc) is 3.10. The first-order valence-corrected chi connectivity index (χ1v) is 8.62. The van der Waals surface area contributed by atoms with Crippen molar-refractivity contribution in [1.29, 1.82) is 0 Å². The Labute approximate surface area is 160 Å². The van der Waals surface area contributed by atoms with Gasteiger partial charge >= 0.3 is 0 Å². The third kappa shape index (κ3) is 2.88. The Kier molecular flexibility index (Phi) is 4.31. The van der Waals surface area contributed by atoms with Crippen molar-refractivity contribution in [3.8, 4) is 17.1 Å². The highest BCUT2D eigenvalue weighted by molar-refractivity contribution is 5.95. The molecule has 0 aliphatic carbocycles. The summed E-state index contributed by atoms with van der Waals surface area (Å²) in [5.41, 5.74) is 8.04. The zero-order valence-electron chi connectivity index (χ0n) is 15.3. The average molecular weight is 379 g/mol. The number of amides is 1. The molecule has 0 fully saturated rings. The Morgan fingerprint density at radius 3 is 2.61 bits per heavy atom. The molecule has 7 nitrogen and oxygen atoms in total. The van der Waals surface area contributed by atoms with E-state index >= 15 is 0 Å². The Morgan fingerprint density at radius 1 is 1.21 bits per heavy atom. The number of ether oxygens (including phenoxy) is 1. The van der Waals surface area contributed by atoms with Crippen LogP contribution < -0.4 is 15.8 Å². The second-order valence-electron chi connectivity index (χ2n) is 6.38. The highest BCUT2D eigenvalue weighted by Gasteiger charge is 2.34. The summed E-state index contributed by atoms with van der Waals surface area (Å²) in [5, 5.41) is 7.66. The first-order chi connectivity index (χ1) is 13.5. The summed E-state index contributed by atoms with van der Waals surface area (Å²) in [6.45, 7) is 1.76. The molecule has 8 heteroatoms. The van der Waals surface area contributed by atoms with Crippen LogP contribution in [0, 0.1) is 5.82 Å². The molecule has 1 unspecified atom stereocenters. The lowest BCUT2D eigenvalue weighted by molar-refractivity contribution is -0.115. The lowest BCUT2D eigenvalue weighted by Crippen LogP contribution is -2.32. The van der Waals surface area contributed by atoms with Crippen LogP contribution in [0.4, 0.5) is 10.3 Å². The van der Waals surface area contributed by atoms with E-state index in [0.717, 1.165) is 5.56 Å². The fourth-order valence-electron chi connectivity index (χ4n) is 3.37. The zero-order chi connectivity index (χ0) is 19.8. The number of carbonyl (C=O) groups is 1. The number of rotatable bonds is 4. The Hall–Kier alpha value is -3.68. The topological polar surface area (TPSA) is 95.1 Å². The maximum atomic E-state index is 13.3. The van der Waals surface area contributed by atoms with Gasteiger partial charge in [0.1, 0.15) is 17.6 Å². The van der Waals surface area contributed by atoms with E-state index < -0.39 is 11.9 Å². The maximum absolute atomic E-state index is 13.3. The number of para-hydroxylation sites is 1. The number of anilines is 1. The van der Waals surface area contributed by atoms with E-state index in [1.165, 1.54) is 12.1 Å². The number of hydrogen-bond donors (Lipinski definition) is 2. The van der Waals surface area contributed by atoms with Crippen LogP contribution in [-0.2, 0) is 4.79 Å². The second-order valence-corrected chi connectivity index (χ2v) is 6.38.